The first-order valence-corrected chi connectivity index (χ1v) is 11.0. The number of amides is 2. The van der Waals surface area contributed by atoms with E-state index in [1.165, 1.54) is 27.2 Å². The third-order valence-corrected chi connectivity index (χ3v) is 7.02. The molecule has 1 heterocycles. The first-order chi connectivity index (χ1) is 15.2. The van der Waals surface area contributed by atoms with Crippen LogP contribution in [-0.4, -0.2) is 18.4 Å². The molecule has 7 rings (SSSR count). The van der Waals surface area contributed by atoms with Crippen molar-refractivity contribution in [1.29, 1.82) is 0 Å². The van der Waals surface area contributed by atoms with Gasteiger partial charge in [-0.1, -0.05) is 55.5 Å². The predicted octanol–water partition coefficient (Wildman–Crippen LogP) is 4.87. The Morgan fingerprint density at radius 1 is 0.710 bits per heavy atom. The second-order valence-corrected chi connectivity index (χ2v) is 8.62. The number of imide groups is 1. The van der Waals surface area contributed by atoms with Crippen molar-refractivity contribution >= 4 is 17.5 Å². The molecule has 2 atom stereocenters. The van der Waals surface area contributed by atoms with Gasteiger partial charge < -0.3 is 4.74 Å². The number of nitrogens with zero attached hydrogens (tertiary/aromatic N) is 1. The molecule has 0 aromatic heterocycles. The number of carbonyl (C=O) groups is 2. The van der Waals surface area contributed by atoms with Crippen molar-refractivity contribution in [2.75, 3.05) is 11.5 Å². The van der Waals surface area contributed by atoms with Crippen molar-refractivity contribution in [1.82, 2.24) is 0 Å². The number of benzene rings is 3. The van der Waals surface area contributed by atoms with Gasteiger partial charge >= 0.3 is 0 Å². The molecule has 1 aliphatic heterocycles. The lowest BCUT2D eigenvalue weighted by atomic mass is 9.55. The molecule has 0 N–H and O–H groups in total. The summed E-state index contributed by atoms with van der Waals surface area (Å²) in [5.74, 6) is -0.266. The van der Waals surface area contributed by atoms with Crippen LogP contribution in [0.25, 0.3) is 0 Å². The van der Waals surface area contributed by atoms with Gasteiger partial charge in [0.1, 0.15) is 5.75 Å². The lowest BCUT2D eigenvalue weighted by Crippen LogP contribution is -2.41. The van der Waals surface area contributed by atoms with E-state index in [-0.39, 0.29) is 35.5 Å². The first-order valence-electron chi connectivity index (χ1n) is 11.0. The summed E-state index contributed by atoms with van der Waals surface area (Å²) in [5.41, 5.74) is 5.40. The van der Waals surface area contributed by atoms with Gasteiger partial charge in [0.25, 0.3) is 0 Å². The zero-order chi connectivity index (χ0) is 21.1. The van der Waals surface area contributed by atoms with Gasteiger partial charge in [-0.2, -0.15) is 0 Å². The third-order valence-electron chi connectivity index (χ3n) is 7.02. The minimum atomic E-state index is -0.349. The maximum absolute atomic E-state index is 13.7. The molecule has 1 saturated heterocycles. The fourth-order valence-electron chi connectivity index (χ4n) is 5.84. The minimum absolute atomic E-state index is 0.0731. The molecular formula is C27H23NO3. The Balaban J connectivity index is 1.44. The molecule has 2 amide bonds. The Morgan fingerprint density at radius 2 is 1.16 bits per heavy atom. The van der Waals surface area contributed by atoms with Crippen LogP contribution >= 0.6 is 0 Å². The summed E-state index contributed by atoms with van der Waals surface area (Å²) >= 11 is 0. The Bertz CT molecular complexity index is 1080. The van der Waals surface area contributed by atoms with Gasteiger partial charge in [0.15, 0.2) is 0 Å². The molecule has 3 aromatic carbocycles. The normalized spacial score (nSPS) is 25.3. The van der Waals surface area contributed by atoms with E-state index in [9.17, 15) is 9.59 Å². The Morgan fingerprint density at radius 3 is 1.58 bits per heavy atom. The number of anilines is 1. The molecule has 154 valence electrons. The van der Waals surface area contributed by atoms with Crippen LogP contribution in [0.4, 0.5) is 5.69 Å². The summed E-state index contributed by atoms with van der Waals surface area (Å²) in [6.45, 7) is 2.70. The van der Waals surface area contributed by atoms with Crippen molar-refractivity contribution in [3.05, 3.63) is 95.1 Å². The molecule has 2 bridgehead atoms. The molecule has 4 heteroatoms. The second kappa shape index (κ2) is 6.81. The number of ether oxygens (including phenoxy) is 1. The van der Waals surface area contributed by atoms with Crippen LogP contribution in [0.3, 0.4) is 0 Å². The SMILES string of the molecule is CCCOc1ccc(N2C(=O)[C@@H]3C4c5ccccc5C(c5ccccc54)[C@H]3C2=O)cc1. The van der Waals surface area contributed by atoms with Gasteiger partial charge in [-0.3, -0.25) is 9.59 Å². The topological polar surface area (TPSA) is 46.6 Å². The van der Waals surface area contributed by atoms with Gasteiger partial charge in [0.05, 0.1) is 24.1 Å². The summed E-state index contributed by atoms with van der Waals surface area (Å²) in [5, 5.41) is 0. The van der Waals surface area contributed by atoms with Gasteiger partial charge in [0, 0.05) is 11.8 Å². The molecule has 1 fully saturated rings. The third kappa shape index (κ3) is 2.48. The fraction of sp³-hybridized carbons (Fsp3) is 0.259. The van der Waals surface area contributed by atoms with E-state index in [1.807, 2.05) is 48.5 Å². The molecule has 0 unspecified atom stereocenters. The van der Waals surface area contributed by atoms with E-state index in [0.29, 0.717) is 12.3 Å². The Hall–Kier alpha value is -3.40. The highest BCUT2D eigenvalue weighted by Gasteiger charge is 2.61. The largest absolute Gasteiger partial charge is 0.494 e. The van der Waals surface area contributed by atoms with Crippen LogP contribution in [0, 0.1) is 11.8 Å². The number of hydrogen-bond donors (Lipinski definition) is 0. The van der Waals surface area contributed by atoms with E-state index in [0.717, 1.165) is 12.2 Å². The number of rotatable bonds is 4. The van der Waals surface area contributed by atoms with E-state index in [4.69, 9.17) is 4.74 Å². The van der Waals surface area contributed by atoms with Crippen molar-refractivity contribution in [2.24, 2.45) is 11.8 Å². The molecule has 0 saturated carbocycles. The molecule has 31 heavy (non-hydrogen) atoms. The number of carbonyl (C=O) groups excluding carboxylic acids is 2. The van der Waals surface area contributed by atoms with Crippen LogP contribution in [-0.2, 0) is 9.59 Å². The first kappa shape index (κ1) is 18.4. The molecule has 3 aliphatic carbocycles. The summed E-state index contributed by atoms with van der Waals surface area (Å²) in [4.78, 5) is 28.8. The predicted molar refractivity (Wildman–Crippen MR) is 118 cm³/mol. The monoisotopic (exact) mass is 409 g/mol. The highest BCUT2D eigenvalue weighted by molar-refractivity contribution is 6.23. The van der Waals surface area contributed by atoms with E-state index in [2.05, 4.69) is 31.2 Å². The Labute approximate surface area is 181 Å². The molecular weight excluding hydrogens is 386 g/mol. The maximum atomic E-state index is 13.7. The van der Waals surface area contributed by atoms with Crippen LogP contribution in [0.1, 0.15) is 47.4 Å². The van der Waals surface area contributed by atoms with Gasteiger partial charge in [-0.15, -0.1) is 0 Å². The van der Waals surface area contributed by atoms with E-state index < -0.39 is 0 Å². The van der Waals surface area contributed by atoms with Crippen molar-refractivity contribution < 1.29 is 14.3 Å². The summed E-state index contributed by atoms with van der Waals surface area (Å²) in [6, 6.07) is 23.9. The Kier molecular flexibility index (Phi) is 4.04. The van der Waals surface area contributed by atoms with Gasteiger partial charge in [-0.05, 0) is 52.9 Å². The van der Waals surface area contributed by atoms with E-state index in [1.54, 1.807) is 0 Å². The second-order valence-electron chi connectivity index (χ2n) is 8.62. The zero-order valence-corrected chi connectivity index (χ0v) is 17.3. The molecule has 0 spiro atoms. The lowest BCUT2D eigenvalue weighted by molar-refractivity contribution is -0.122. The summed E-state index contributed by atoms with van der Waals surface area (Å²) in [6.07, 6.45) is 0.929. The lowest BCUT2D eigenvalue weighted by Gasteiger charge is -2.45. The van der Waals surface area contributed by atoms with Crippen LogP contribution < -0.4 is 9.64 Å². The molecule has 0 radical (unpaired) electrons. The molecule has 3 aromatic rings. The van der Waals surface area contributed by atoms with Gasteiger partial charge in [0.2, 0.25) is 11.8 Å². The average molecular weight is 409 g/mol. The van der Waals surface area contributed by atoms with Crippen LogP contribution in [0.15, 0.2) is 72.8 Å². The number of hydrogen-bond acceptors (Lipinski definition) is 3. The summed E-state index contributed by atoms with van der Waals surface area (Å²) in [7, 11) is 0. The maximum Gasteiger partial charge on any atom is 0.238 e. The highest BCUT2D eigenvalue weighted by Crippen LogP contribution is 2.61. The quantitative estimate of drug-likeness (QED) is 0.578. The highest BCUT2D eigenvalue weighted by atomic mass is 16.5. The van der Waals surface area contributed by atoms with Gasteiger partial charge in [-0.25, -0.2) is 4.90 Å². The minimum Gasteiger partial charge on any atom is -0.494 e. The van der Waals surface area contributed by atoms with E-state index >= 15 is 0 Å². The summed E-state index contributed by atoms with van der Waals surface area (Å²) < 4.78 is 5.66. The van der Waals surface area contributed by atoms with Crippen molar-refractivity contribution in [2.45, 2.75) is 25.2 Å². The zero-order valence-electron chi connectivity index (χ0n) is 17.3. The smallest absolute Gasteiger partial charge is 0.238 e. The van der Waals surface area contributed by atoms with Crippen molar-refractivity contribution in [3.63, 3.8) is 0 Å². The standard InChI is InChI=1S/C27H23NO3/c1-2-15-31-17-13-11-16(12-14-17)28-26(29)24-22-18-7-3-4-8-19(18)23(25(24)27(28)30)21-10-6-5-9-20(21)22/h3-14,22-25H,2,15H2,1H3/t22?,23?,24-,25-/m1/s1. The molecule has 4 aliphatic rings. The average Bonchev–Trinajstić information content (AvgIpc) is 3.09. The molecule has 4 nitrogen and oxygen atoms in total. The fourth-order valence-corrected chi connectivity index (χ4v) is 5.84. The van der Waals surface area contributed by atoms with Crippen molar-refractivity contribution in [3.8, 4) is 5.75 Å². The van der Waals surface area contributed by atoms with Crippen LogP contribution in [0.5, 0.6) is 5.75 Å². The van der Waals surface area contributed by atoms with Crippen LogP contribution in [0.2, 0.25) is 0 Å².